The maximum absolute atomic E-state index is 14.2. The predicted molar refractivity (Wildman–Crippen MR) is 170 cm³/mol. The molecule has 4 aliphatic rings. The van der Waals surface area contributed by atoms with Gasteiger partial charge in [-0.15, -0.1) is 0 Å². The second-order valence-corrected chi connectivity index (χ2v) is 13.7. The summed E-state index contributed by atoms with van der Waals surface area (Å²) in [6, 6.07) is 4.86. The van der Waals surface area contributed by atoms with Gasteiger partial charge >= 0.3 is 0 Å². The number of rotatable bonds is 5. The lowest BCUT2D eigenvalue weighted by Gasteiger charge is -2.50. The number of ketones is 2. The molecule has 2 fully saturated rings. The van der Waals surface area contributed by atoms with Crippen LogP contribution >= 0.6 is 0 Å². The third-order valence-electron chi connectivity index (χ3n) is 10.5. The maximum Gasteiger partial charge on any atom is 0.255 e. The number of phenolic OH excluding ortho intramolecular Hbond substituents is 1. The number of carbonyl (C=O) groups excluding carboxylic acids is 3. The predicted octanol–water partition coefficient (Wildman–Crippen LogP) is 2.42. The molecule has 6 rings (SSSR count). The van der Waals surface area contributed by atoms with Crippen LogP contribution in [0.5, 0.6) is 5.75 Å². The van der Waals surface area contributed by atoms with Crippen LogP contribution in [0.4, 0.5) is 5.69 Å². The normalized spacial score (nSPS) is 27.6. The Balaban J connectivity index is 1.52. The topological polar surface area (TPSA) is 168 Å². The zero-order chi connectivity index (χ0) is 32.7. The molecule has 240 valence electrons. The molecule has 1 saturated heterocycles. The summed E-state index contributed by atoms with van der Waals surface area (Å²) in [4.78, 5) is 45.7. The molecule has 1 amide bonds. The summed E-state index contributed by atoms with van der Waals surface area (Å²) in [5, 5.41) is 47.9. The van der Waals surface area contributed by atoms with Crippen LogP contribution in [-0.4, -0.2) is 101 Å². The molecule has 0 aromatic heterocycles. The first kappa shape index (κ1) is 31.1. The third kappa shape index (κ3) is 4.54. The van der Waals surface area contributed by atoms with E-state index in [1.54, 1.807) is 14.1 Å². The Morgan fingerprint density at radius 3 is 2.33 bits per heavy atom. The van der Waals surface area contributed by atoms with Crippen molar-refractivity contribution in [1.82, 2.24) is 9.80 Å². The second kappa shape index (κ2) is 10.9. The van der Waals surface area contributed by atoms with E-state index in [2.05, 4.69) is 17.9 Å². The summed E-state index contributed by atoms with van der Waals surface area (Å²) in [7, 11) is 6.93. The van der Waals surface area contributed by atoms with Crippen molar-refractivity contribution in [3.8, 4) is 5.75 Å². The number of aliphatic hydroxyl groups excluding tert-OH is 2. The molecule has 0 unspecified atom stereocenters. The number of benzene rings is 2. The number of hydrogen-bond acceptors (Lipinski definition) is 10. The number of likely N-dealkylation sites (N-methyl/N-ethyl adjacent to an activating group) is 1. The fraction of sp³-hybridized carbons (Fsp3) is 0.500. The first-order chi connectivity index (χ1) is 21.2. The van der Waals surface area contributed by atoms with Crippen LogP contribution in [0.3, 0.4) is 0 Å². The van der Waals surface area contributed by atoms with Gasteiger partial charge in [0.25, 0.3) is 5.91 Å². The lowest BCUT2D eigenvalue weighted by molar-refractivity contribution is -0.153. The van der Waals surface area contributed by atoms with Crippen LogP contribution in [0.25, 0.3) is 16.5 Å². The fourth-order valence-corrected chi connectivity index (χ4v) is 8.23. The average molecular weight is 619 g/mol. The number of phenols is 1. The molecule has 6 N–H and O–H groups in total. The van der Waals surface area contributed by atoms with Crippen molar-refractivity contribution in [3.05, 3.63) is 51.8 Å². The first-order valence-electron chi connectivity index (χ1n) is 15.5. The Bertz CT molecular complexity index is 1700. The van der Waals surface area contributed by atoms with Crippen molar-refractivity contribution in [2.24, 2.45) is 23.5 Å². The maximum atomic E-state index is 14.2. The Hall–Kier alpha value is -3.93. The minimum absolute atomic E-state index is 0.0464. The van der Waals surface area contributed by atoms with Crippen molar-refractivity contribution in [2.75, 3.05) is 46.2 Å². The number of anilines is 1. The molecular formula is C34H42N4O7. The lowest BCUT2D eigenvalue weighted by atomic mass is 9.57. The number of carbonyl (C=O) groups is 3. The number of piperidine rings is 1. The van der Waals surface area contributed by atoms with Crippen LogP contribution in [0, 0.1) is 17.8 Å². The molecule has 45 heavy (non-hydrogen) atoms. The minimum Gasteiger partial charge on any atom is -0.508 e. The number of amides is 1. The molecule has 0 bridgehead atoms. The molecule has 3 aliphatic carbocycles. The van der Waals surface area contributed by atoms with Crippen LogP contribution < -0.4 is 10.6 Å². The van der Waals surface area contributed by atoms with Gasteiger partial charge in [0.1, 0.15) is 22.8 Å². The highest BCUT2D eigenvalue weighted by molar-refractivity contribution is 6.24. The minimum atomic E-state index is -2.67. The Labute approximate surface area is 262 Å². The van der Waals surface area contributed by atoms with E-state index >= 15 is 0 Å². The Morgan fingerprint density at radius 1 is 1.07 bits per heavy atom. The largest absolute Gasteiger partial charge is 0.508 e. The molecule has 11 nitrogen and oxygen atoms in total. The van der Waals surface area contributed by atoms with Crippen LogP contribution in [0.1, 0.15) is 42.9 Å². The number of hydrogen-bond donors (Lipinski definition) is 5. The van der Waals surface area contributed by atoms with E-state index in [-0.39, 0.29) is 29.7 Å². The third-order valence-corrected chi connectivity index (χ3v) is 10.5. The summed E-state index contributed by atoms with van der Waals surface area (Å²) in [6.45, 7) is 4.98. The quantitative estimate of drug-likeness (QED) is 0.314. The van der Waals surface area contributed by atoms with E-state index in [4.69, 9.17) is 5.73 Å². The second-order valence-electron chi connectivity index (χ2n) is 13.7. The van der Waals surface area contributed by atoms with E-state index in [0.29, 0.717) is 16.9 Å². The van der Waals surface area contributed by atoms with Gasteiger partial charge in [-0.1, -0.05) is 19.1 Å². The highest BCUT2D eigenvalue weighted by Gasteiger charge is 2.64. The summed E-state index contributed by atoms with van der Waals surface area (Å²) in [5.74, 6) is -5.83. The number of Topliss-reactive ketones (excluding diaryl/α,β-unsaturated/α-hetero) is 2. The van der Waals surface area contributed by atoms with Crippen molar-refractivity contribution < 1.29 is 34.8 Å². The zero-order valence-corrected chi connectivity index (χ0v) is 26.4. The number of likely N-dealkylation sites (tertiary alicyclic amines) is 1. The number of primary amides is 1. The number of fused-ring (bicyclic) bond motifs is 4. The fourth-order valence-electron chi connectivity index (χ4n) is 8.23. The molecule has 1 aliphatic heterocycles. The average Bonchev–Trinajstić information content (AvgIpc) is 2.96. The molecule has 2 aromatic rings. The monoisotopic (exact) mass is 618 g/mol. The van der Waals surface area contributed by atoms with Crippen molar-refractivity contribution >= 4 is 39.7 Å². The van der Waals surface area contributed by atoms with Gasteiger partial charge in [0.2, 0.25) is 5.78 Å². The van der Waals surface area contributed by atoms with Crippen molar-refractivity contribution in [1.29, 1.82) is 0 Å². The van der Waals surface area contributed by atoms with Gasteiger partial charge in [0.15, 0.2) is 11.4 Å². The summed E-state index contributed by atoms with van der Waals surface area (Å²) >= 11 is 0. The molecule has 1 heterocycles. The molecule has 11 heteroatoms. The van der Waals surface area contributed by atoms with E-state index in [0.717, 1.165) is 49.1 Å². The Kier molecular flexibility index (Phi) is 7.49. The number of nitrogens with zero attached hydrogens (tertiary/aromatic N) is 3. The molecule has 0 radical (unpaired) electrons. The molecule has 0 spiro atoms. The Morgan fingerprint density at radius 2 is 1.73 bits per heavy atom. The van der Waals surface area contributed by atoms with E-state index < -0.39 is 58.0 Å². The lowest BCUT2D eigenvalue weighted by Crippen LogP contribution is -2.65. The van der Waals surface area contributed by atoms with E-state index in [1.165, 1.54) is 4.90 Å². The number of nitrogens with two attached hydrogens (primary N) is 1. The van der Waals surface area contributed by atoms with E-state index in [1.807, 2.05) is 31.1 Å². The summed E-state index contributed by atoms with van der Waals surface area (Å²) < 4.78 is 0. The highest BCUT2D eigenvalue weighted by Crippen LogP contribution is 2.55. The highest BCUT2D eigenvalue weighted by atomic mass is 16.3. The van der Waals surface area contributed by atoms with Gasteiger partial charge in [-0.05, 0) is 81.9 Å². The van der Waals surface area contributed by atoms with Crippen LogP contribution in [0.2, 0.25) is 0 Å². The van der Waals surface area contributed by atoms with Gasteiger partial charge in [-0.3, -0.25) is 24.2 Å². The standard InChI is InChI=1S/C34H42N4O7/c1-16-8-10-38(11-9-16)15-17-6-7-19-20(12-17)28(39)24-21(26(19)36(2)3)13-18-14-22-27(37(4)5)30(41)25(33(35)44)32(43)34(22,45)31(42)23(18)29(24)40/h6-7,12,16,18,22,27,39-40,43,45H,8-11,13-15H2,1-5H3,(H2,35,44)/t18-,22-,27-,34-/m0/s1. The molecular weight excluding hydrogens is 576 g/mol. The van der Waals surface area contributed by atoms with Crippen LogP contribution in [-0.2, 0) is 27.3 Å². The number of aromatic hydroxyl groups is 1. The van der Waals surface area contributed by atoms with Gasteiger partial charge in [0.05, 0.1) is 11.6 Å². The van der Waals surface area contributed by atoms with E-state index in [9.17, 15) is 34.8 Å². The zero-order valence-electron chi connectivity index (χ0n) is 26.4. The van der Waals surface area contributed by atoms with Gasteiger partial charge in [0, 0.05) is 48.6 Å². The smallest absolute Gasteiger partial charge is 0.255 e. The summed E-state index contributed by atoms with van der Waals surface area (Å²) in [5.41, 5.74) is 4.34. The van der Waals surface area contributed by atoms with Gasteiger partial charge in [-0.25, -0.2) is 0 Å². The first-order valence-corrected chi connectivity index (χ1v) is 15.5. The SMILES string of the molecule is CC1CCN(Cc2ccc3c(N(C)C)c4c(c(O)c3c2)C(O)=C2C(=O)[C@]3(O)C(O)=C(C(N)=O)C(=O)[C@@H](N(C)C)[C@@H]3C[C@@H]2C4)CC1. The van der Waals surface area contributed by atoms with Gasteiger partial charge in [-0.2, -0.15) is 0 Å². The summed E-state index contributed by atoms with van der Waals surface area (Å²) in [6.07, 6.45) is 2.55. The van der Waals surface area contributed by atoms with Crippen molar-refractivity contribution in [3.63, 3.8) is 0 Å². The molecule has 2 aromatic carbocycles. The molecule has 1 saturated carbocycles. The molecule has 4 atom stereocenters. The van der Waals surface area contributed by atoms with Crippen molar-refractivity contribution in [2.45, 2.75) is 50.8 Å². The van der Waals surface area contributed by atoms with Crippen LogP contribution in [0.15, 0.2) is 35.1 Å². The number of aliphatic hydroxyl groups is 3. The van der Waals surface area contributed by atoms with Gasteiger partial charge < -0.3 is 31.1 Å².